The number of carbonyl (C=O) groups is 1. The highest BCUT2D eigenvalue weighted by molar-refractivity contribution is 5.90. The van der Waals surface area contributed by atoms with Gasteiger partial charge in [0, 0.05) is 30.9 Å². The second-order valence-corrected chi connectivity index (χ2v) is 9.48. The van der Waals surface area contributed by atoms with Crippen molar-refractivity contribution in [1.29, 1.82) is 5.26 Å². The van der Waals surface area contributed by atoms with E-state index in [1.165, 1.54) is 6.07 Å². The van der Waals surface area contributed by atoms with E-state index in [9.17, 15) is 18.0 Å². The Kier molecular flexibility index (Phi) is 5.62. The Labute approximate surface area is 196 Å². The molecule has 5 rings (SSSR count). The Bertz CT molecular complexity index is 1090. The number of nitrogens with zero attached hydrogens (tertiary/aromatic N) is 4. The summed E-state index contributed by atoms with van der Waals surface area (Å²) >= 11 is 0. The van der Waals surface area contributed by atoms with Crippen molar-refractivity contribution in [3.8, 4) is 6.07 Å². The van der Waals surface area contributed by atoms with Crippen LogP contribution < -0.4 is 10.2 Å². The van der Waals surface area contributed by atoms with E-state index in [4.69, 9.17) is 5.26 Å². The molecule has 0 radical (unpaired) electrons. The van der Waals surface area contributed by atoms with Crippen molar-refractivity contribution in [3.63, 3.8) is 0 Å². The van der Waals surface area contributed by atoms with Crippen LogP contribution in [0.15, 0.2) is 42.5 Å². The van der Waals surface area contributed by atoms with Gasteiger partial charge in [-0.3, -0.25) is 4.79 Å². The van der Waals surface area contributed by atoms with Crippen LogP contribution >= 0.6 is 0 Å². The fraction of sp³-hybridized carbons (Fsp3) is 0.480. The van der Waals surface area contributed by atoms with E-state index in [1.54, 1.807) is 18.2 Å². The van der Waals surface area contributed by atoms with Crippen LogP contribution in [0.4, 0.5) is 24.7 Å². The minimum Gasteiger partial charge on any atom is -0.371 e. The first-order chi connectivity index (χ1) is 16.3. The average Bonchev–Trinajstić information content (AvgIpc) is 3.41. The molecule has 1 N–H and O–H groups in total. The molecule has 0 spiro atoms. The summed E-state index contributed by atoms with van der Waals surface area (Å²) in [6.07, 6.45) is 0.531. The lowest BCUT2D eigenvalue weighted by Crippen LogP contribution is -2.61. The number of amides is 1. The van der Waals surface area contributed by atoms with Gasteiger partial charge < -0.3 is 15.1 Å². The summed E-state index contributed by atoms with van der Waals surface area (Å²) in [6.45, 7) is 0.952. The van der Waals surface area contributed by atoms with E-state index in [-0.39, 0.29) is 18.0 Å². The van der Waals surface area contributed by atoms with E-state index < -0.39 is 17.4 Å². The van der Waals surface area contributed by atoms with Crippen LogP contribution in [0.25, 0.3) is 0 Å². The van der Waals surface area contributed by atoms with Gasteiger partial charge in [0.05, 0.1) is 11.6 Å². The number of fused-ring (bicyclic) bond motifs is 2. The molecule has 2 aliphatic heterocycles. The molecule has 9 heteroatoms. The van der Waals surface area contributed by atoms with Crippen molar-refractivity contribution in [2.75, 3.05) is 23.3 Å². The number of hydrogen-bond donors (Lipinski definition) is 1. The highest BCUT2D eigenvalue weighted by atomic mass is 19.4. The van der Waals surface area contributed by atoms with Gasteiger partial charge in [-0.1, -0.05) is 18.9 Å². The van der Waals surface area contributed by atoms with Gasteiger partial charge in [-0.15, -0.1) is 0 Å². The minimum atomic E-state index is -4.49. The SMILES string of the molecule is N#Cc1ccc(NC2(C(=O)N3CC4CCC(C3)N4c3cccc(C(F)(F)F)n3)CCCC2)cc1. The molecule has 2 aromatic rings. The molecule has 178 valence electrons. The van der Waals surface area contributed by atoms with Gasteiger partial charge in [0.25, 0.3) is 0 Å². The van der Waals surface area contributed by atoms with Crippen LogP contribution in [0.2, 0.25) is 0 Å². The number of aromatic nitrogens is 1. The van der Waals surface area contributed by atoms with E-state index in [2.05, 4.69) is 16.4 Å². The maximum Gasteiger partial charge on any atom is 0.433 e. The van der Waals surface area contributed by atoms with Crippen molar-refractivity contribution in [2.24, 2.45) is 0 Å². The fourth-order valence-electron chi connectivity index (χ4n) is 5.75. The monoisotopic (exact) mass is 469 g/mol. The van der Waals surface area contributed by atoms with Gasteiger partial charge in [0.1, 0.15) is 17.1 Å². The van der Waals surface area contributed by atoms with Gasteiger partial charge in [-0.25, -0.2) is 4.98 Å². The van der Waals surface area contributed by atoms with Crippen LogP contribution in [0.5, 0.6) is 0 Å². The fourth-order valence-corrected chi connectivity index (χ4v) is 5.75. The van der Waals surface area contributed by atoms with Gasteiger partial charge in [-0.05, 0) is 62.1 Å². The number of alkyl halides is 3. The van der Waals surface area contributed by atoms with E-state index in [0.717, 1.165) is 50.3 Å². The van der Waals surface area contributed by atoms with Crippen molar-refractivity contribution in [3.05, 3.63) is 53.7 Å². The Morgan fingerprint density at radius 1 is 1.06 bits per heavy atom. The molecule has 1 aromatic heterocycles. The third-order valence-corrected chi connectivity index (χ3v) is 7.32. The maximum absolute atomic E-state index is 13.8. The lowest BCUT2D eigenvalue weighted by Gasteiger charge is -2.45. The number of hydrogen-bond acceptors (Lipinski definition) is 5. The molecule has 1 saturated carbocycles. The number of nitriles is 1. The topological polar surface area (TPSA) is 72.3 Å². The molecule has 1 aliphatic carbocycles. The summed E-state index contributed by atoms with van der Waals surface area (Å²) in [5, 5.41) is 12.5. The first-order valence-electron chi connectivity index (χ1n) is 11.7. The third-order valence-electron chi connectivity index (χ3n) is 7.32. The van der Waals surface area contributed by atoms with Crippen molar-refractivity contribution in [2.45, 2.75) is 62.3 Å². The summed E-state index contributed by atoms with van der Waals surface area (Å²) in [6, 6.07) is 13.1. The number of likely N-dealkylation sites (tertiary alicyclic amines) is 1. The Morgan fingerprint density at radius 3 is 2.29 bits per heavy atom. The Balaban J connectivity index is 1.34. The van der Waals surface area contributed by atoms with Gasteiger partial charge in [0.2, 0.25) is 5.91 Å². The molecule has 2 saturated heterocycles. The van der Waals surface area contributed by atoms with Crippen LogP contribution in [0, 0.1) is 11.3 Å². The van der Waals surface area contributed by atoms with Crippen LogP contribution in [-0.4, -0.2) is 46.5 Å². The number of piperazine rings is 1. The number of anilines is 2. The predicted octanol–water partition coefficient (Wildman–Crippen LogP) is 4.58. The number of nitrogens with one attached hydrogen (secondary N) is 1. The molecule has 34 heavy (non-hydrogen) atoms. The van der Waals surface area contributed by atoms with E-state index in [0.29, 0.717) is 24.5 Å². The largest absolute Gasteiger partial charge is 0.433 e. The molecular weight excluding hydrogens is 443 g/mol. The zero-order valence-corrected chi connectivity index (χ0v) is 18.7. The van der Waals surface area contributed by atoms with E-state index >= 15 is 0 Å². The zero-order valence-electron chi connectivity index (χ0n) is 18.7. The lowest BCUT2D eigenvalue weighted by atomic mass is 9.93. The summed E-state index contributed by atoms with van der Waals surface area (Å²) in [4.78, 5) is 21.6. The Morgan fingerprint density at radius 2 is 1.71 bits per heavy atom. The minimum absolute atomic E-state index is 0.0490. The number of carbonyl (C=O) groups excluding carboxylic acids is 1. The van der Waals surface area contributed by atoms with Crippen LogP contribution in [0.1, 0.15) is 49.8 Å². The molecule has 2 unspecified atom stereocenters. The second-order valence-electron chi connectivity index (χ2n) is 9.48. The zero-order chi connectivity index (χ0) is 23.9. The number of benzene rings is 1. The van der Waals surface area contributed by atoms with Gasteiger partial charge >= 0.3 is 6.18 Å². The molecule has 3 fully saturated rings. The van der Waals surface area contributed by atoms with Crippen molar-refractivity contribution < 1.29 is 18.0 Å². The van der Waals surface area contributed by atoms with Crippen molar-refractivity contribution >= 4 is 17.4 Å². The van der Waals surface area contributed by atoms with Crippen LogP contribution in [-0.2, 0) is 11.0 Å². The third kappa shape index (κ3) is 4.06. The lowest BCUT2D eigenvalue weighted by molar-refractivity contribution is -0.141. The second kappa shape index (κ2) is 8.49. The van der Waals surface area contributed by atoms with Crippen LogP contribution in [0.3, 0.4) is 0 Å². The number of rotatable bonds is 4. The standard InChI is InChI=1S/C25H26F3N5O/c26-25(27,28)21-4-3-5-22(30-21)33-19-10-11-20(33)16-32(15-19)23(34)24(12-1-2-13-24)31-18-8-6-17(14-29)7-9-18/h3-9,19-20,31H,1-2,10-13,15-16H2. The summed E-state index contributed by atoms with van der Waals surface area (Å²) in [5.74, 6) is 0.392. The summed E-state index contributed by atoms with van der Waals surface area (Å²) < 4.78 is 39.6. The average molecular weight is 470 g/mol. The summed E-state index contributed by atoms with van der Waals surface area (Å²) in [7, 11) is 0. The molecule has 1 aromatic carbocycles. The highest BCUT2D eigenvalue weighted by Crippen LogP contribution is 2.39. The normalized spacial score (nSPS) is 23.6. The molecule has 3 aliphatic rings. The molecular formula is C25H26F3N5O. The molecule has 2 bridgehead atoms. The quantitative estimate of drug-likeness (QED) is 0.710. The Hall–Kier alpha value is -3.28. The van der Waals surface area contributed by atoms with E-state index in [1.807, 2.05) is 21.9 Å². The smallest absolute Gasteiger partial charge is 0.371 e. The van der Waals surface area contributed by atoms with Gasteiger partial charge in [-0.2, -0.15) is 18.4 Å². The van der Waals surface area contributed by atoms with Crippen molar-refractivity contribution in [1.82, 2.24) is 9.88 Å². The van der Waals surface area contributed by atoms with Gasteiger partial charge in [0.15, 0.2) is 0 Å². The molecule has 2 atom stereocenters. The predicted molar refractivity (Wildman–Crippen MR) is 121 cm³/mol. The maximum atomic E-state index is 13.8. The first kappa shape index (κ1) is 22.5. The number of halogens is 3. The molecule has 1 amide bonds. The molecule has 3 heterocycles. The highest BCUT2D eigenvalue weighted by Gasteiger charge is 2.49. The molecule has 6 nitrogen and oxygen atoms in total. The summed E-state index contributed by atoms with van der Waals surface area (Å²) in [5.41, 5.74) is -0.207. The first-order valence-corrected chi connectivity index (χ1v) is 11.7. The number of pyridine rings is 1.